The third-order valence-corrected chi connectivity index (χ3v) is 1.90. The van der Waals surface area contributed by atoms with E-state index in [0.717, 1.165) is 16.3 Å². The molecule has 88 valence electrons. The average Bonchev–Trinajstić information content (AvgIpc) is 2.89. The summed E-state index contributed by atoms with van der Waals surface area (Å²) in [6.45, 7) is 8.00. The minimum absolute atomic E-state index is 0.741. The Morgan fingerprint density at radius 2 is 1.44 bits per heavy atom. The summed E-state index contributed by atoms with van der Waals surface area (Å²) in [6.07, 6.45) is 1.66. The lowest BCUT2D eigenvalue weighted by Gasteiger charge is -1.95. The molecule has 0 bridgehead atoms. The van der Waals surface area contributed by atoms with Gasteiger partial charge < -0.3 is 4.42 Å². The zero-order valence-corrected chi connectivity index (χ0v) is 11.1. The molecule has 0 N–H and O–H groups in total. The molecule has 1 aromatic carbocycles. The first kappa shape index (κ1) is 14.8. The van der Waals surface area contributed by atoms with Crippen LogP contribution in [0.15, 0.2) is 47.1 Å². The van der Waals surface area contributed by atoms with Crippen molar-refractivity contribution in [2.45, 2.75) is 27.7 Å². The summed E-state index contributed by atoms with van der Waals surface area (Å²) < 4.78 is 5.22. The summed E-state index contributed by atoms with van der Waals surface area (Å²) in [7, 11) is 0. The maximum atomic E-state index is 5.74. The first-order chi connectivity index (χ1) is 7.86. The summed E-state index contributed by atoms with van der Waals surface area (Å²) in [6, 6.07) is 11.3. The number of furan rings is 1. The fraction of sp³-hybridized carbons (Fsp3) is 0.286. The van der Waals surface area contributed by atoms with Crippen LogP contribution < -0.4 is 0 Å². The lowest BCUT2D eigenvalue weighted by atomic mass is 10.2. The molecule has 16 heavy (non-hydrogen) atoms. The molecular weight excluding hydrogens is 220 g/mol. The maximum Gasteiger partial charge on any atom is 0.133 e. The van der Waals surface area contributed by atoms with Crippen molar-refractivity contribution in [3.8, 4) is 11.3 Å². The Labute approximate surface area is 103 Å². The fourth-order valence-electron chi connectivity index (χ4n) is 1.06. The smallest absolute Gasteiger partial charge is 0.133 e. The quantitative estimate of drug-likeness (QED) is 0.626. The molecule has 1 heterocycles. The molecule has 0 saturated carbocycles. The fourth-order valence-corrected chi connectivity index (χ4v) is 1.18. The molecule has 0 atom stereocenters. The van der Waals surface area contributed by atoms with E-state index in [2.05, 4.69) is 0 Å². The zero-order valence-electron chi connectivity index (χ0n) is 10.3. The van der Waals surface area contributed by atoms with Crippen LogP contribution in [0.5, 0.6) is 0 Å². The second-order valence-corrected chi connectivity index (χ2v) is 2.92. The Morgan fingerprint density at radius 3 is 1.88 bits per heavy atom. The Bertz CT molecular complexity index is 349. The van der Waals surface area contributed by atoms with Crippen molar-refractivity contribution in [1.29, 1.82) is 0 Å². The first-order valence-electron chi connectivity index (χ1n) is 5.66. The van der Waals surface area contributed by atoms with E-state index in [1.54, 1.807) is 6.26 Å². The number of hydrogen-bond donors (Lipinski definition) is 0. The third-order valence-electron chi connectivity index (χ3n) is 1.65. The molecule has 2 rings (SSSR count). The predicted molar refractivity (Wildman–Crippen MR) is 71.9 cm³/mol. The van der Waals surface area contributed by atoms with Gasteiger partial charge >= 0.3 is 0 Å². The van der Waals surface area contributed by atoms with E-state index in [4.69, 9.17) is 16.0 Å². The first-order valence-corrected chi connectivity index (χ1v) is 6.03. The molecule has 0 aliphatic rings. The third kappa shape index (κ3) is 4.54. The van der Waals surface area contributed by atoms with Crippen molar-refractivity contribution in [2.24, 2.45) is 0 Å². The van der Waals surface area contributed by atoms with Crippen LogP contribution >= 0.6 is 11.6 Å². The molecule has 0 amide bonds. The normalized spacial score (nSPS) is 8.31. The average molecular weight is 239 g/mol. The zero-order chi connectivity index (χ0) is 12.4. The van der Waals surface area contributed by atoms with Crippen LogP contribution in [0, 0.1) is 0 Å². The molecule has 1 nitrogen and oxygen atoms in total. The maximum absolute atomic E-state index is 5.74. The number of rotatable bonds is 1. The minimum atomic E-state index is 0.741. The van der Waals surface area contributed by atoms with Crippen molar-refractivity contribution in [1.82, 2.24) is 0 Å². The van der Waals surface area contributed by atoms with Gasteiger partial charge in [0.25, 0.3) is 0 Å². The second kappa shape index (κ2) is 9.05. The highest BCUT2D eigenvalue weighted by Crippen LogP contribution is 2.21. The summed E-state index contributed by atoms with van der Waals surface area (Å²) in [5, 5.41) is 0.741. The molecule has 0 saturated heterocycles. The van der Waals surface area contributed by atoms with Gasteiger partial charge in [-0.2, -0.15) is 0 Å². The monoisotopic (exact) mass is 238 g/mol. The van der Waals surface area contributed by atoms with Gasteiger partial charge in [-0.25, -0.2) is 0 Å². The molecule has 0 spiro atoms. The van der Waals surface area contributed by atoms with Crippen LogP contribution in [0.25, 0.3) is 11.3 Å². The molecule has 2 heteroatoms. The van der Waals surface area contributed by atoms with Gasteiger partial charge in [-0.1, -0.05) is 39.3 Å². The molecule has 0 radical (unpaired) electrons. The van der Waals surface area contributed by atoms with E-state index in [-0.39, 0.29) is 0 Å². The second-order valence-electron chi connectivity index (χ2n) is 2.48. The van der Waals surface area contributed by atoms with Crippen molar-refractivity contribution in [3.05, 3.63) is 47.7 Å². The van der Waals surface area contributed by atoms with Crippen molar-refractivity contribution in [2.75, 3.05) is 0 Å². The Kier molecular flexibility index (Phi) is 8.36. The van der Waals surface area contributed by atoms with Gasteiger partial charge in [0.2, 0.25) is 0 Å². The summed E-state index contributed by atoms with van der Waals surface area (Å²) in [5.74, 6) is 0.867. The number of halogens is 1. The van der Waals surface area contributed by atoms with Gasteiger partial charge in [0, 0.05) is 10.6 Å². The molecule has 2 aromatic rings. The van der Waals surface area contributed by atoms with E-state index in [1.807, 2.05) is 64.1 Å². The van der Waals surface area contributed by atoms with Gasteiger partial charge in [-0.15, -0.1) is 0 Å². The highest BCUT2D eigenvalue weighted by molar-refractivity contribution is 6.30. The molecule has 0 unspecified atom stereocenters. The highest BCUT2D eigenvalue weighted by Gasteiger charge is 1.98. The van der Waals surface area contributed by atoms with Gasteiger partial charge in [-0.3, -0.25) is 0 Å². The topological polar surface area (TPSA) is 13.1 Å². The Balaban J connectivity index is 0.000000509. The Hall–Kier alpha value is -1.21. The minimum Gasteiger partial charge on any atom is -0.464 e. The van der Waals surface area contributed by atoms with Gasteiger partial charge in [0.15, 0.2) is 0 Å². The summed E-state index contributed by atoms with van der Waals surface area (Å²) in [4.78, 5) is 0. The molecule has 0 aliphatic carbocycles. The van der Waals surface area contributed by atoms with E-state index >= 15 is 0 Å². The molecule has 1 aromatic heterocycles. The lowest BCUT2D eigenvalue weighted by molar-refractivity contribution is 0.582. The van der Waals surface area contributed by atoms with Crippen molar-refractivity contribution >= 4 is 11.6 Å². The summed E-state index contributed by atoms with van der Waals surface area (Å²) in [5.41, 5.74) is 1.05. The van der Waals surface area contributed by atoms with Gasteiger partial charge in [-0.05, 0) is 36.4 Å². The van der Waals surface area contributed by atoms with Gasteiger partial charge in [0.1, 0.15) is 5.76 Å². The SMILES string of the molecule is CC.CC.Clc1ccc(-c2ccco2)cc1. The Morgan fingerprint density at radius 1 is 0.875 bits per heavy atom. The highest BCUT2D eigenvalue weighted by atomic mass is 35.5. The van der Waals surface area contributed by atoms with Crippen LogP contribution in [0.2, 0.25) is 5.02 Å². The summed E-state index contributed by atoms with van der Waals surface area (Å²) >= 11 is 5.74. The number of benzene rings is 1. The van der Waals surface area contributed by atoms with Crippen LogP contribution in [0.1, 0.15) is 27.7 Å². The lowest BCUT2D eigenvalue weighted by Crippen LogP contribution is -1.71. The van der Waals surface area contributed by atoms with Gasteiger partial charge in [0.05, 0.1) is 6.26 Å². The standard InChI is InChI=1S/C10H7ClO.2C2H6/c11-9-5-3-8(4-6-9)10-2-1-7-12-10;2*1-2/h1-7H;2*1-2H3. The van der Waals surface area contributed by atoms with Crippen LogP contribution in [-0.2, 0) is 0 Å². The predicted octanol–water partition coefficient (Wildman–Crippen LogP) is 5.65. The molecule has 0 fully saturated rings. The van der Waals surface area contributed by atoms with E-state index in [9.17, 15) is 0 Å². The largest absolute Gasteiger partial charge is 0.464 e. The van der Waals surface area contributed by atoms with Crippen molar-refractivity contribution < 1.29 is 4.42 Å². The number of hydrogen-bond acceptors (Lipinski definition) is 1. The van der Waals surface area contributed by atoms with Crippen LogP contribution in [0.4, 0.5) is 0 Å². The van der Waals surface area contributed by atoms with Crippen LogP contribution in [0.3, 0.4) is 0 Å². The van der Waals surface area contributed by atoms with E-state index < -0.39 is 0 Å². The molecular formula is C14H19ClO. The van der Waals surface area contributed by atoms with E-state index in [0.29, 0.717) is 0 Å². The van der Waals surface area contributed by atoms with E-state index in [1.165, 1.54) is 0 Å². The molecule has 0 aliphatic heterocycles. The van der Waals surface area contributed by atoms with Crippen molar-refractivity contribution in [3.63, 3.8) is 0 Å². The van der Waals surface area contributed by atoms with Crippen LogP contribution in [-0.4, -0.2) is 0 Å².